The number of hydrogen-bond acceptors (Lipinski definition) is 3. The van der Waals surface area contributed by atoms with Gasteiger partial charge in [0.1, 0.15) is 6.04 Å². The smallest absolute Gasteiger partial charge is 0.255 e. The van der Waals surface area contributed by atoms with Crippen LogP contribution in [0.4, 0.5) is 0 Å². The van der Waals surface area contributed by atoms with Crippen LogP contribution in [0.2, 0.25) is 0 Å². The fourth-order valence-electron chi connectivity index (χ4n) is 2.20. The van der Waals surface area contributed by atoms with Crippen molar-refractivity contribution in [3.8, 4) is 5.69 Å². The monoisotopic (exact) mass is 314 g/mol. The van der Waals surface area contributed by atoms with E-state index in [0.29, 0.717) is 12.1 Å². The number of carbonyl (C=O) groups is 2. The molecule has 0 radical (unpaired) electrons. The number of nitrogens with one attached hydrogen (secondary N) is 2. The second-order valence-corrected chi connectivity index (χ2v) is 5.38. The summed E-state index contributed by atoms with van der Waals surface area (Å²) in [5.74, 6) is -0.489. The lowest BCUT2D eigenvalue weighted by atomic mass is 10.2. The second-order valence-electron chi connectivity index (χ2n) is 5.38. The predicted molar refractivity (Wildman–Crippen MR) is 88.5 cm³/mol. The molecule has 23 heavy (non-hydrogen) atoms. The van der Waals surface area contributed by atoms with Gasteiger partial charge >= 0.3 is 0 Å². The second kappa shape index (κ2) is 7.58. The third kappa shape index (κ3) is 3.97. The highest BCUT2D eigenvalue weighted by molar-refractivity contribution is 5.98. The van der Waals surface area contributed by atoms with Crippen molar-refractivity contribution in [1.29, 1.82) is 0 Å². The van der Waals surface area contributed by atoms with Gasteiger partial charge in [-0.15, -0.1) is 0 Å². The van der Waals surface area contributed by atoms with E-state index in [1.807, 2.05) is 44.2 Å². The first-order valence-corrected chi connectivity index (χ1v) is 7.73. The van der Waals surface area contributed by atoms with Gasteiger partial charge < -0.3 is 10.6 Å². The molecule has 1 unspecified atom stereocenters. The molecule has 6 heteroatoms. The fourth-order valence-corrected chi connectivity index (χ4v) is 2.20. The van der Waals surface area contributed by atoms with E-state index in [-0.39, 0.29) is 11.8 Å². The highest BCUT2D eigenvalue weighted by Gasteiger charge is 2.20. The van der Waals surface area contributed by atoms with Crippen LogP contribution in [-0.2, 0) is 4.79 Å². The Kier molecular flexibility index (Phi) is 5.51. The molecule has 0 saturated heterocycles. The molecular formula is C17H22N4O2. The zero-order valence-corrected chi connectivity index (χ0v) is 13.7. The van der Waals surface area contributed by atoms with Crippen molar-refractivity contribution >= 4 is 11.8 Å². The van der Waals surface area contributed by atoms with Gasteiger partial charge in [-0.05, 0) is 32.4 Å². The lowest BCUT2D eigenvalue weighted by Crippen LogP contribution is -2.45. The molecule has 1 heterocycles. The Hall–Kier alpha value is -2.63. The topological polar surface area (TPSA) is 76.0 Å². The Morgan fingerprint density at radius 1 is 1.26 bits per heavy atom. The molecule has 0 fully saturated rings. The summed E-state index contributed by atoms with van der Waals surface area (Å²) >= 11 is 0. The van der Waals surface area contributed by atoms with Crippen LogP contribution in [-0.4, -0.2) is 34.2 Å². The predicted octanol–water partition coefficient (Wildman–Crippen LogP) is 1.83. The summed E-state index contributed by atoms with van der Waals surface area (Å²) in [6.07, 6.45) is 2.38. The molecule has 0 saturated carbocycles. The lowest BCUT2D eigenvalue weighted by Gasteiger charge is -2.13. The van der Waals surface area contributed by atoms with Crippen molar-refractivity contribution in [2.24, 2.45) is 0 Å². The summed E-state index contributed by atoms with van der Waals surface area (Å²) in [5.41, 5.74) is 2.08. The van der Waals surface area contributed by atoms with Gasteiger partial charge in [0.15, 0.2) is 0 Å². The summed E-state index contributed by atoms with van der Waals surface area (Å²) in [6, 6.07) is 9.00. The standard InChI is InChI=1S/C17H22N4O2/c1-4-10-18-16(22)12(2)20-17(23)15-11-19-21(13(15)3)14-8-6-5-7-9-14/h5-9,11-12H,4,10H2,1-3H3,(H,18,22)(H,20,23). The van der Waals surface area contributed by atoms with Crippen molar-refractivity contribution < 1.29 is 9.59 Å². The Morgan fingerprint density at radius 2 is 1.96 bits per heavy atom. The first-order valence-electron chi connectivity index (χ1n) is 7.73. The SMILES string of the molecule is CCCNC(=O)C(C)NC(=O)c1cnn(-c2ccccc2)c1C. The molecule has 1 atom stereocenters. The quantitative estimate of drug-likeness (QED) is 0.854. The molecule has 1 aromatic carbocycles. The third-order valence-corrected chi connectivity index (χ3v) is 3.55. The molecule has 0 aliphatic carbocycles. The maximum Gasteiger partial charge on any atom is 0.255 e. The average Bonchev–Trinajstić information content (AvgIpc) is 2.95. The minimum Gasteiger partial charge on any atom is -0.354 e. The Morgan fingerprint density at radius 3 is 2.61 bits per heavy atom. The fraction of sp³-hybridized carbons (Fsp3) is 0.353. The van der Waals surface area contributed by atoms with Gasteiger partial charge in [-0.1, -0.05) is 25.1 Å². The minimum absolute atomic E-state index is 0.187. The van der Waals surface area contributed by atoms with Gasteiger partial charge in [0, 0.05) is 6.54 Å². The normalized spacial score (nSPS) is 11.8. The van der Waals surface area contributed by atoms with Gasteiger partial charge in [0.25, 0.3) is 5.91 Å². The number of hydrogen-bond donors (Lipinski definition) is 2. The van der Waals surface area contributed by atoms with E-state index in [0.717, 1.165) is 17.8 Å². The number of aromatic nitrogens is 2. The van der Waals surface area contributed by atoms with E-state index < -0.39 is 6.04 Å². The molecular weight excluding hydrogens is 292 g/mol. The number of nitrogens with zero attached hydrogens (tertiary/aromatic N) is 2. The Labute approximate surface area is 135 Å². The maximum atomic E-state index is 12.4. The van der Waals surface area contributed by atoms with Crippen LogP contribution < -0.4 is 10.6 Å². The molecule has 2 amide bonds. The van der Waals surface area contributed by atoms with Crippen LogP contribution in [0, 0.1) is 6.92 Å². The van der Waals surface area contributed by atoms with Crippen molar-refractivity contribution in [2.75, 3.05) is 6.54 Å². The van der Waals surface area contributed by atoms with E-state index >= 15 is 0 Å². The lowest BCUT2D eigenvalue weighted by molar-refractivity contribution is -0.122. The van der Waals surface area contributed by atoms with Crippen LogP contribution in [0.15, 0.2) is 36.5 Å². The van der Waals surface area contributed by atoms with Crippen molar-refractivity contribution in [2.45, 2.75) is 33.2 Å². The van der Waals surface area contributed by atoms with Crippen LogP contribution in [0.25, 0.3) is 5.69 Å². The Balaban J connectivity index is 2.09. The largest absolute Gasteiger partial charge is 0.354 e. The van der Waals surface area contributed by atoms with Crippen molar-refractivity contribution in [3.05, 3.63) is 47.8 Å². The molecule has 0 aliphatic rings. The number of amides is 2. The molecule has 6 nitrogen and oxygen atoms in total. The van der Waals surface area contributed by atoms with Crippen molar-refractivity contribution in [3.63, 3.8) is 0 Å². The molecule has 122 valence electrons. The summed E-state index contributed by atoms with van der Waals surface area (Å²) in [4.78, 5) is 24.2. The molecule has 0 spiro atoms. The first-order chi connectivity index (χ1) is 11.0. The maximum absolute atomic E-state index is 12.4. The third-order valence-electron chi connectivity index (χ3n) is 3.55. The van der Waals surface area contributed by atoms with Gasteiger partial charge in [0.05, 0.1) is 23.1 Å². The summed E-state index contributed by atoms with van der Waals surface area (Å²) in [7, 11) is 0. The molecule has 2 N–H and O–H groups in total. The summed E-state index contributed by atoms with van der Waals surface area (Å²) in [5, 5.41) is 9.73. The zero-order chi connectivity index (χ0) is 16.8. The number of carbonyl (C=O) groups excluding carboxylic acids is 2. The molecule has 0 aliphatic heterocycles. The first kappa shape index (κ1) is 16.7. The molecule has 2 aromatic rings. The van der Waals surface area contributed by atoms with E-state index in [2.05, 4.69) is 15.7 Å². The van der Waals surface area contributed by atoms with E-state index in [9.17, 15) is 9.59 Å². The highest BCUT2D eigenvalue weighted by Crippen LogP contribution is 2.13. The highest BCUT2D eigenvalue weighted by atomic mass is 16.2. The molecule has 1 aromatic heterocycles. The Bertz CT molecular complexity index is 679. The van der Waals surface area contributed by atoms with Crippen LogP contribution in [0.1, 0.15) is 36.3 Å². The molecule has 0 bridgehead atoms. The average molecular weight is 314 g/mol. The minimum atomic E-state index is -0.589. The van der Waals surface area contributed by atoms with Crippen LogP contribution in [0.5, 0.6) is 0 Å². The summed E-state index contributed by atoms with van der Waals surface area (Å²) in [6.45, 7) is 6.07. The number of rotatable bonds is 6. The van der Waals surface area contributed by atoms with E-state index in [1.165, 1.54) is 6.20 Å². The van der Waals surface area contributed by atoms with Crippen molar-refractivity contribution in [1.82, 2.24) is 20.4 Å². The molecule has 2 rings (SSSR count). The summed E-state index contributed by atoms with van der Waals surface area (Å²) < 4.78 is 1.71. The van der Waals surface area contributed by atoms with Gasteiger partial charge in [-0.3, -0.25) is 9.59 Å². The van der Waals surface area contributed by atoms with E-state index in [1.54, 1.807) is 11.6 Å². The number of para-hydroxylation sites is 1. The van der Waals surface area contributed by atoms with Gasteiger partial charge in [0.2, 0.25) is 5.91 Å². The van der Waals surface area contributed by atoms with Gasteiger partial charge in [-0.25, -0.2) is 4.68 Å². The zero-order valence-electron chi connectivity index (χ0n) is 13.7. The van der Waals surface area contributed by atoms with E-state index in [4.69, 9.17) is 0 Å². The van der Waals surface area contributed by atoms with Gasteiger partial charge in [-0.2, -0.15) is 5.10 Å². The van der Waals surface area contributed by atoms with Crippen LogP contribution >= 0.6 is 0 Å². The van der Waals surface area contributed by atoms with Crippen LogP contribution in [0.3, 0.4) is 0 Å². The number of benzene rings is 1.